The lowest BCUT2D eigenvalue weighted by Crippen LogP contribution is -2.41. The van der Waals surface area contributed by atoms with Crippen LogP contribution in [0.3, 0.4) is 0 Å². The second kappa shape index (κ2) is 9.53. The summed E-state index contributed by atoms with van der Waals surface area (Å²) in [5.74, 6) is 0.132. The van der Waals surface area contributed by atoms with Crippen LogP contribution in [0.2, 0.25) is 0 Å². The minimum Gasteiger partial charge on any atom is -0.370 e. The molecule has 0 radical (unpaired) electrons. The van der Waals surface area contributed by atoms with E-state index < -0.39 is 6.35 Å². The third-order valence-corrected chi connectivity index (χ3v) is 5.43. The zero-order valence-electron chi connectivity index (χ0n) is 18.9. The largest absolute Gasteiger partial charge is 0.370 e. The lowest BCUT2D eigenvalue weighted by molar-refractivity contribution is 0.186. The molecule has 1 aromatic heterocycles. The number of nitrogens with two attached hydrogens (primary N) is 2. The normalized spacial score (nSPS) is 16.8. The SMILES string of the molecule is CC[C@H](NCCCN=C(N)N)c1ccc(N2C=c3cc(C(C)(C)C)[nH]c3=NC2O)cc1. The van der Waals surface area contributed by atoms with Gasteiger partial charge >= 0.3 is 0 Å². The fraction of sp³-hybridized carbons (Fsp3) is 0.478. The van der Waals surface area contributed by atoms with Crippen molar-refractivity contribution < 1.29 is 5.11 Å². The Labute approximate surface area is 183 Å². The number of hydrogen-bond donors (Lipinski definition) is 5. The van der Waals surface area contributed by atoms with Crippen LogP contribution in [-0.4, -0.2) is 35.5 Å². The summed E-state index contributed by atoms with van der Waals surface area (Å²) >= 11 is 0. The smallest absolute Gasteiger partial charge is 0.231 e. The molecule has 2 aromatic rings. The number of aromatic nitrogens is 1. The molecule has 3 rings (SSSR count). The van der Waals surface area contributed by atoms with Gasteiger partial charge in [0, 0.05) is 40.8 Å². The number of aromatic amines is 1. The Bertz CT molecular complexity index is 1010. The monoisotopic (exact) mass is 425 g/mol. The molecule has 1 unspecified atom stereocenters. The van der Waals surface area contributed by atoms with Crippen molar-refractivity contribution in [1.29, 1.82) is 0 Å². The molecular formula is C23H35N7O. The number of guanidine groups is 1. The maximum absolute atomic E-state index is 10.6. The summed E-state index contributed by atoms with van der Waals surface area (Å²) in [5, 5.41) is 15.1. The molecule has 7 N–H and O–H groups in total. The molecule has 31 heavy (non-hydrogen) atoms. The molecule has 0 fully saturated rings. The van der Waals surface area contributed by atoms with E-state index in [1.54, 1.807) is 4.90 Å². The number of nitrogens with one attached hydrogen (secondary N) is 2. The molecule has 0 spiro atoms. The van der Waals surface area contributed by atoms with Crippen molar-refractivity contribution in [3.63, 3.8) is 0 Å². The zero-order chi connectivity index (χ0) is 22.6. The quantitative estimate of drug-likeness (QED) is 0.246. The van der Waals surface area contributed by atoms with E-state index in [0.717, 1.165) is 41.5 Å². The number of aliphatic hydroxyl groups is 1. The number of fused-ring (bicyclic) bond motifs is 1. The van der Waals surface area contributed by atoms with Gasteiger partial charge in [0.1, 0.15) is 5.49 Å². The van der Waals surface area contributed by atoms with Crippen LogP contribution in [0.15, 0.2) is 40.3 Å². The number of aliphatic imine (C=N–C) groups is 1. The van der Waals surface area contributed by atoms with Gasteiger partial charge in [0.25, 0.3) is 0 Å². The number of anilines is 1. The van der Waals surface area contributed by atoms with Gasteiger partial charge in [0.15, 0.2) is 5.96 Å². The summed E-state index contributed by atoms with van der Waals surface area (Å²) in [4.78, 5) is 13.6. The predicted molar refractivity (Wildman–Crippen MR) is 126 cm³/mol. The van der Waals surface area contributed by atoms with Crippen molar-refractivity contribution in [3.8, 4) is 0 Å². The maximum Gasteiger partial charge on any atom is 0.231 e. The van der Waals surface area contributed by atoms with Crippen molar-refractivity contribution >= 4 is 17.8 Å². The Kier molecular flexibility index (Phi) is 7.02. The van der Waals surface area contributed by atoms with Crippen LogP contribution in [0.25, 0.3) is 6.20 Å². The minimum atomic E-state index is -0.958. The number of benzene rings is 1. The van der Waals surface area contributed by atoms with Crippen LogP contribution in [0.5, 0.6) is 0 Å². The van der Waals surface area contributed by atoms with Crippen LogP contribution in [0.4, 0.5) is 5.69 Å². The molecule has 0 amide bonds. The standard InChI is InChI=1S/C23H35N7O/c1-5-18(26-11-6-12-27-21(24)25)15-7-9-17(10-8-15)30-14-16-13-19(23(2,3)4)28-20(16)29-22(30)31/h7-10,13-14,18,22,26,31H,5-6,11-12H2,1-4H3,(H,28,29)(H4,24,25,27)/t18-,22?/m0/s1. The third kappa shape index (κ3) is 5.65. The van der Waals surface area contributed by atoms with Crippen molar-refractivity contribution in [3.05, 3.63) is 52.3 Å². The number of H-pyrrole nitrogens is 1. The van der Waals surface area contributed by atoms with Gasteiger partial charge in [0.2, 0.25) is 6.35 Å². The first-order valence-corrected chi connectivity index (χ1v) is 10.8. The Morgan fingerprint density at radius 1 is 1.29 bits per heavy atom. The number of hydrogen-bond acceptors (Lipinski definition) is 5. The average Bonchev–Trinajstić information content (AvgIpc) is 3.13. The van der Waals surface area contributed by atoms with E-state index >= 15 is 0 Å². The molecule has 0 bridgehead atoms. The highest BCUT2D eigenvalue weighted by Gasteiger charge is 2.21. The molecule has 0 aliphatic carbocycles. The average molecular weight is 426 g/mol. The van der Waals surface area contributed by atoms with E-state index in [-0.39, 0.29) is 17.4 Å². The van der Waals surface area contributed by atoms with Crippen LogP contribution in [-0.2, 0) is 5.41 Å². The van der Waals surface area contributed by atoms with Gasteiger partial charge in [-0.1, -0.05) is 39.8 Å². The third-order valence-electron chi connectivity index (χ3n) is 5.43. The highest BCUT2D eigenvalue weighted by atomic mass is 16.3. The molecule has 0 saturated carbocycles. The molecule has 2 atom stereocenters. The van der Waals surface area contributed by atoms with E-state index in [9.17, 15) is 5.11 Å². The van der Waals surface area contributed by atoms with Crippen molar-refractivity contribution in [1.82, 2.24) is 10.3 Å². The highest BCUT2D eigenvalue weighted by Crippen LogP contribution is 2.24. The van der Waals surface area contributed by atoms with Crippen LogP contribution < -0.4 is 32.4 Å². The molecule has 168 valence electrons. The topological polar surface area (TPSA) is 128 Å². The van der Waals surface area contributed by atoms with Crippen molar-refractivity contribution in [2.24, 2.45) is 21.5 Å². The molecular weight excluding hydrogens is 390 g/mol. The Hall–Kier alpha value is -2.84. The fourth-order valence-corrected chi connectivity index (χ4v) is 3.61. The van der Waals surface area contributed by atoms with Crippen LogP contribution in [0.1, 0.15) is 57.8 Å². The lowest BCUT2D eigenvalue weighted by atomic mass is 9.92. The van der Waals surface area contributed by atoms with Gasteiger partial charge in [0.05, 0.1) is 0 Å². The summed E-state index contributed by atoms with van der Waals surface area (Å²) in [7, 11) is 0. The zero-order valence-corrected chi connectivity index (χ0v) is 18.9. The lowest BCUT2D eigenvalue weighted by Gasteiger charge is -2.26. The molecule has 1 aromatic carbocycles. The van der Waals surface area contributed by atoms with E-state index in [2.05, 4.69) is 66.2 Å². The molecule has 1 aliphatic heterocycles. The van der Waals surface area contributed by atoms with Gasteiger partial charge in [-0.3, -0.25) is 4.99 Å². The summed E-state index contributed by atoms with van der Waals surface area (Å²) in [6, 6.07) is 10.6. The van der Waals surface area contributed by atoms with E-state index in [4.69, 9.17) is 11.5 Å². The first kappa shape index (κ1) is 22.8. The first-order valence-electron chi connectivity index (χ1n) is 10.8. The Morgan fingerprint density at radius 2 is 2.00 bits per heavy atom. The van der Waals surface area contributed by atoms with E-state index in [0.29, 0.717) is 6.54 Å². The van der Waals surface area contributed by atoms with Gasteiger partial charge in [-0.15, -0.1) is 0 Å². The second-order valence-corrected chi connectivity index (χ2v) is 8.92. The molecule has 0 saturated heterocycles. The summed E-state index contributed by atoms with van der Waals surface area (Å²) < 4.78 is 0. The molecule has 8 heteroatoms. The summed E-state index contributed by atoms with van der Waals surface area (Å²) in [6.07, 6.45) is 2.84. The van der Waals surface area contributed by atoms with Gasteiger partial charge in [-0.05, 0) is 43.1 Å². The van der Waals surface area contributed by atoms with Gasteiger partial charge < -0.3 is 31.8 Å². The molecule has 1 aliphatic rings. The summed E-state index contributed by atoms with van der Waals surface area (Å²) in [6.45, 7) is 10.1. The van der Waals surface area contributed by atoms with E-state index in [1.807, 2.05) is 18.3 Å². The molecule has 2 heterocycles. The van der Waals surface area contributed by atoms with E-state index in [1.165, 1.54) is 5.56 Å². The number of rotatable bonds is 8. The maximum atomic E-state index is 10.6. The highest BCUT2D eigenvalue weighted by molar-refractivity contribution is 5.75. The number of nitrogens with zero attached hydrogens (tertiary/aromatic N) is 3. The predicted octanol–water partition coefficient (Wildman–Crippen LogP) is 1.17. The van der Waals surface area contributed by atoms with Gasteiger partial charge in [-0.25, -0.2) is 4.99 Å². The van der Waals surface area contributed by atoms with Gasteiger partial charge in [-0.2, -0.15) is 0 Å². The van der Waals surface area contributed by atoms with Crippen LogP contribution >= 0.6 is 0 Å². The second-order valence-electron chi connectivity index (χ2n) is 8.92. The minimum absolute atomic E-state index is 0.0103. The van der Waals surface area contributed by atoms with Crippen molar-refractivity contribution in [2.75, 3.05) is 18.0 Å². The van der Waals surface area contributed by atoms with Crippen molar-refractivity contribution in [2.45, 2.75) is 58.3 Å². The summed E-state index contributed by atoms with van der Waals surface area (Å²) in [5.41, 5.74) is 14.6. The Balaban J connectivity index is 1.71. The Morgan fingerprint density at radius 3 is 2.61 bits per heavy atom. The van der Waals surface area contributed by atoms with Crippen LogP contribution in [0, 0.1) is 0 Å². The first-order chi connectivity index (χ1) is 14.7. The molecule has 8 nitrogen and oxygen atoms in total. The number of aliphatic hydroxyl groups excluding tert-OH is 1. The fourth-order valence-electron chi connectivity index (χ4n) is 3.61.